The molecule has 0 fully saturated rings. The normalized spacial score (nSPS) is 18.7. The van der Waals surface area contributed by atoms with Crippen molar-refractivity contribution in [3.8, 4) is 0 Å². The maximum atomic E-state index is 13.6. The average Bonchev–Trinajstić information content (AvgIpc) is 2.96. The van der Waals surface area contributed by atoms with Gasteiger partial charge < -0.3 is 14.9 Å². The Morgan fingerprint density at radius 1 is 1.00 bits per heavy atom. The van der Waals surface area contributed by atoms with E-state index in [0.29, 0.717) is 17.7 Å². The third-order valence-electron chi connectivity index (χ3n) is 5.90. The number of carbonyl (C=O) groups excluding carboxylic acids is 1. The first kappa shape index (κ1) is 20.1. The minimum absolute atomic E-state index is 0.284. The minimum Gasteiger partial charge on any atom is -0.372 e. The second-order valence-corrected chi connectivity index (χ2v) is 8.33. The lowest BCUT2D eigenvalue weighted by molar-refractivity contribution is -0.132. The van der Waals surface area contributed by atoms with Crippen molar-refractivity contribution in [2.75, 3.05) is 31.1 Å². The van der Waals surface area contributed by atoms with Gasteiger partial charge in [0, 0.05) is 23.1 Å². The van der Waals surface area contributed by atoms with Crippen molar-refractivity contribution < 1.29 is 9.90 Å². The summed E-state index contributed by atoms with van der Waals surface area (Å²) in [5.41, 5.74) is 0.339. The van der Waals surface area contributed by atoms with Crippen LogP contribution in [0.25, 0.3) is 10.8 Å². The number of carbonyl (C=O) groups is 1. The van der Waals surface area contributed by atoms with Crippen LogP contribution in [0.4, 0.5) is 5.69 Å². The Bertz CT molecular complexity index is 1060. The number of halogens is 1. The Kier molecular flexibility index (Phi) is 5.47. The van der Waals surface area contributed by atoms with Crippen LogP contribution in [0.1, 0.15) is 25.0 Å². The van der Waals surface area contributed by atoms with E-state index in [1.165, 1.54) is 0 Å². The lowest BCUT2D eigenvalue weighted by atomic mass is 9.86. The van der Waals surface area contributed by atoms with Crippen LogP contribution in [0.5, 0.6) is 0 Å². The molecule has 0 radical (unpaired) electrons. The molecule has 1 N–H and O–H groups in total. The number of aliphatic hydroxyl groups is 1. The van der Waals surface area contributed by atoms with Crippen molar-refractivity contribution in [3.05, 3.63) is 76.3 Å². The van der Waals surface area contributed by atoms with Gasteiger partial charge in [-0.25, -0.2) is 0 Å². The third kappa shape index (κ3) is 3.37. The van der Waals surface area contributed by atoms with Crippen molar-refractivity contribution in [2.24, 2.45) is 0 Å². The fourth-order valence-corrected chi connectivity index (χ4v) is 4.50. The quantitative estimate of drug-likeness (QED) is 0.597. The summed E-state index contributed by atoms with van der Waals surface area (Å²) in [5.74, 6) is -0.284. The Morgan fingerprint density at radius 3 is 2.45 bits per heavy atom. The zero-order valence-electron chi connectivity index (χ0n) is 16.7. The summed E-state index contributed by atoms with van der Waals surface area (Å²) in [6.45, 7) is 7.40. The molecular formula is C24H25BrN2O2. The molecule has 5 heteroatoms. The van der Waals surface area contributed by atoms with Crippen molar-refractivity contribution in [2.45, 2.75) is 19.4 Å². The van der Waals surface area contributed by atoms with Gasteiger partial charge in [0.05, 0.1) is 5.69 Å². The largest absolute Gasteiger partial charge is 0.372 e. The van der Waals surface area contributed by atoms with E-state index in [1.54, 1.807) is 4.90 Å². The average molecular weight is 453 g/mol. The van der Waals surface area contributed by atoms with E-state index in [0.717, 1.165) is 40.6 Å². The summed E-state index contributed by atoms with van der Waals surface area (Å²) in [6.07, 6.45) is 0. The summed E-state index contributed by atoms with van der Waals surface area (Å²) < 4.78 is 0.889. The predicted molar refractivity (Wildman–Crippen MR) is 121 cm³/mol. The van der Waals surface area contributed by atoms with Gasteiger partial charge in [0.1, 0.15) is 0 Å². The molecule has 0 aromatic heterocycles. The van der Waals surface area contributed by atoms with Gasteiger partial charge in [-0.3, -0.25) is 4.79 Å². The topological polar surface area (TPSA) is 43.8 Å². The standard InChI is InChI=1S/C24H25BrN2O2/c1-3-26(4-2)13-14-27-22-16-20(25)11-12-21(22)24(29,23(27)28)19-10-9-17-7-5-6-8-18(17)15-19/h5-12,15-16,29H,3-4,13-14H2,1-2H3. The number of fused-ring (bicyclic) bond motifs is 2. The Hall–Kier alpha value is -2.21. The Morgan fingerprint density at radius 2 is 1.72 bits per heavy atom. The van der Waals surface area contributed by atoms with Crippen molar-refractivity contribution in [1.82, 2.24) is 4.90 Å². The summed E-state index contributed by atoms with van der Waals surface area (Å²) in [6, 6.07) is 19.4. The SMILES string of the molecule is CCN(CC)CCN1C(=O)C(O)(c2ccc3ccccc3c2)c2ccc(Br)cc21. The molecule has 1 atom stereocenters. The maximum absolute atomic E-state index is 13.6. The van der Waals surface area contributed by atoms with Gasteiger partial charge in [-0.05, 0) is 47.6 Å². The monoisotopic (exact) mass is 452 g/mol. The zero-order valence-corrected chi connectivity index (χ0v) is 18.3. The number of anilines is 1. The summed E-state index contributed by atoms with van der Waals surface area (Å²) in [7, 11) is 0. The second-order valence-electron chi connectivity index (χ2n) is 7.42. The second kappa shape index (κ2) is 7.90. The molecule has 29 heavy (non-hydrogen) atoms. The predicted octanol–water partition coefficient (Wildman–Crippen LogP) is 4.53. The molecular weight excluding hydrogens is 428 g/mol. The fraction of sp³-hybridized carbons (Fsp3) is 0.292. The van der Waals surface area contributed by atoms with Gasteiger partial charge in [0.2, 0.25) is 0 Å². The number of hydrogen-bond acceptors (Lipinski definition) is 3. The smallest absolute Gasteiger partial charge is 0.268 e. The molecule has 3 aromatic rings. The van der Waals surface area contributed by atoms with Crippen LogP contribution in [0.2, 0.25) is 0 Å². The van der Waals surface area contributed by atoms with E-state index >= 15 is 0 Å². The van der Waals surface area contributed by atoms with Crippen LogP contribution < -0.4 is 4.90 Å². The van der Waals surface area contributed by atoms with E-state index in [9.17, 15) is 9.90 Å². The molecule has 4 nitrogen and oxygen atoms in total. The number of nitrogens with zero attached hydrogens (tertiary/aromatic N) is 2. The van der Waals surface area contributed by atoms with Gasteiger partial charge in [0.15, 0.2) is 5.60 Å². The van der Waals surface area contributed by atoms with Crippen molar-refractivity contribution in [3.63, 3.8) is 0 Å². The van der Waals surface area contributed by atoms with Crippen LogP contribution in [0.15, 0.2) is 65.1 Å². The summed E-state index contributed by atoms with van der Waals surface area (Å²) in [4.78, 5) is 17.6. The lowest BCUT2D eigenvalue weighted by Crippen LogP contribution is -2.44. The third-order valence-corrected chi connectivity index (χ3v) is 6.39. The van der Waals surface area contributed by atoms with Crippen LogP contribution in [0.3, 0.4) is 0 Å². The molecule has 0 saturated heterocycles. The van der Waals surface area contributed by atoms with E-state index in [4.69, 9.17) is 0 Å². The van der Waals surface area contributed by atoms with Crippen LogP contribution in [-0.2, 0) is 10.4 Å². The first-order chi connectivity index (χ1) is 14.0. The highest BCUT2D eigenvalue weighted by Crippen LogP contribution is 2.45. The van der Waals surface area contributed by atoms with E-state index in [1.807, 2.05) is 60.7 Å². The maximum Gasteiger partial charge on any atom is 0.268 e. The highest BCUT2D eigenvalue weighted by atomic mass is 79.9. The van der Waals surface area contributed by atoms with E-state index in [-0.39, 0.29) is 5.91 Å². The van der Waals surface area contributed by atoms with Crippen LogP contribution >= 0.6 is 15.9 Å². The van der Waals surface area contributed by atoms with Gasteiger partial charge in [-0.1, -0.05) is 72.2 Å². The zero-order chi connectivity index (χ0) is 20.6. The molecule has 1 unspecified atom stereocenters. The van der Waals surface area contributed by atoms with Gasteiger partial charge in [-0.2, -0.15) is 0 Å². The molecule has 1 amide bonds. The molecule has 1 aliphatic rings. The van der Waals surface area contributed by atoms with Crippen LogP contribution in [-0.4, -0.2) is 42.1 Å². The van der Waals surface area contributed by atoms with Gasteiger partial charge in [-0.15, -0.1) is 0 Å². The Balaban J connectivity index is 1.79. The molecule has 1 heterocycles. The Labute approximate surface area is 179 Å². The number of rotatable bonds is 6. The molecule has 4 rings (SSSR count). The first-order valence-corrected chi connectivity index (χ1v) is 10.8. The molecule has 0 spiro atoms. The highest BCUT2D eigenvalue weighted by molar-refractivity contribution is 9.10. The van der Waals surface area contributed by atoms with E-state index < -0.39 is 5.60 Å². The number of likely N-dealkylation sites (N-methyl/N-ethyl adjacent to an activating group) is 1. The summed E-state index contributed by atoms with van der Waals surface area (Å²) in [5, 5.41) is 13.9. The molecule has 0 bridgehead atoms. The van der Waals surface area contributed by atoms with Gasteiger partial charge >= 0.3 is 0 Å². The molecule has 0 aliphatic carbocycles. The minimum atomic E-state index is -1.68. The number of hydrogen-bond donors (Lipinski definition) is 1. The first-order valence-electron chi connectivity index (χ1n) is 10.0. The molecule has 3 aromatic carbocycles. The lowest BCUT2D eigenvalue weighted by Gasteiger charge is -2.26. The molecule has 0 saturated carbocycles. The number of amides is 1. The van der Waals surface area contributed by atoms with Crippen molar-refractivity contribution >= 4 is 38.3 Å². The fourth-order valence-electron chi connectivity index (χ4n) is 4.15. The molecule has 150 valence electrons. The van der Waals surface area contributed by atoms with Gasteiger partial charge in [0.25, 0.3) is 5.91 Å². The molecule has 1 aliphatic heterocycles. The summed E-state index contributed by atoms with van der Waals surface area (Å²) >= 11 is 3.52. The highest BCUT2D eigenvalue weighted by Gasteiger charge is 2.51. The van der Waals surface area contributed by atoms with E-state index in [2.05, 4.69) is 34.7 Å². The van der Waals surface area contributed by atoms with Crippen molar-refractivity contribution in [1.29, 1.82) is 0 Å². The van der Waals surface area contributed by atoms with Crippen LogP contribution in [0, 0.1) is 0 Å². The number of benzene rings is 3.